The van der Waals surface area contributed by atoms with Crippen LogP contribution < -0.4 is 4.57 Å². The lowest BCUT2D eigenvalue weighted by molar-refractivity contribution is -0.689. The molecule has 2 aromatic rings. The number of carbonyl (C=O) groups is 1. The van der Waals surface area contributed by atoms with E-state index in [-0.39, 0.29) is 6.42 Å². The summed E-state index contributed by atoms with van der Waals surface area (Å²) in [4.78, 5) is 14.6. The van der Waals surface area contributed by atoms with Crippen LogP contribution in [0.5, 0.6) is 0 Å². The quantitative estimate of drug-likeness (QED) is 0.797. The highest BCUT2D eigenvalue weighted by Gasteiger charge is 2.08. The van der Waals surface area contributed by atoms with Crippen molar-refractivity contribution in [3.05, 3.63) is 60.2 Å². The molecule has 0 bridgehead atoms. The van der Waals surface area contributed by atoms with Gasteiger partial charge in [-0.25, -0.2) is 4.98 Å². The van der Waals surface area contributed by atoms with Gasteiger partial charge in [0.25, 0.3) is 0 Å². The van der Waals surface area contributed by atoms with E-state index < -0.39 is 5.97 Å². The minimum absolute atomic E-state index is 0.0460. The summed E-state index contributed by atoms with van der Waals surface area (Å²) in [6, 6.07) is 10.00. The minimum atomic E-state index is -0.866. The van der Waals surface area contributed by atoms with E-state index in [1.165, 1.54) is 5.56 Å². The lowest BCUT2D eigenvalue weighted by Crippen LogP contribution is -2.34. The lowest BCUT2D eigenvalue weighted by Gasteiger charge is -1.98. The molecular weight excluding hydrogens is 216 g/mol. The molecule has 17 heavy (non-hydrogen) atoms. The average Bonchev–Trinajstić information content (AvgIpc) is 2.30. The van der Waals surface area contributed by atoms with Gasteiger partial charge in [-0.2, -0.15) is 4.57 Å². The van der Waals surface area contributed by atoms with Crippen molar-refractivity contribution in [2.75, 3.05) is 0 Å². The summed E-state index contributed by atoms with van der Waals surface area (Å²) in [5, 5.41) is 8.70. The Morgan fingerprint density at radius 2 is 2.06 bits per heavy atom. The maximum Gasteiger partial charge on any atom is 0.309 e. The number of hydrogen-bond acceptors (Lipinski definition) is 2. The summed E-state index contributed by atoms with van der Waals surface area (Å²) in [7, 11) is 0. The number of carboxylic acid groups (broad SMARTS) is 1. The number of aromatic nitrogens is 2. The molecule has 0 saturated heterocycles. The first kappa shape index (κ1) is 11.3. The maximum atomic E-state index is 10.6. The second-order valence-corrected chi connectivity index (χ2v) is 3.78. The van der Waals surface area contributed by atoms with Gasteiger partial charge in [0.15, 0.2) is 18.9 Å². The van der Waals surface area contributed by atoms with Gasteiger partial charge in [0.2, 0.25) is 0 Å². The molecule has 1 heterocycles. The third-order valence-corrected chi connectivity index (χ3v) is 2.35. The van der Waals surface area contributed by atoms with Gasteiger partial charge < -0.3 is 5.11 Å². The summed E-state index contributed by atoms with van der Waals surface area (Å²) >= 11 is 0. The summed E-state index contributed by atoms with van der Waals surface area (Å²) in [6.07, 6.45) is 5.18. The van der Waals surface area contributed by atoms with E-state index in [0.717, 1.165) is 6.54 Å². The van der Waals surface area contributed by atoms with Crippen molar-refractivity contribution in [3.8, 4) is 0 Å². The summed E-state index contributed by atoms with van der Waals surface area (Å²) in [6.45, 7) is 0.718. The number of nitrogens with zero attached hydrogens (tertiary/aromatic N) is 2. The van der Waals surface area contributed by atoms with Crippen molar-refractivity contribution in [1.29, 1.82) is 0 Å². The van der Waals surface area contributed by atoms with Crippen molar-refractivity contribution in [3.63, 3.8) is 0 Å². The zero-order valence-corrected chi connectivity index (χ0v) is 9.28. The molecule has 1 N–H and O–H groups in total. The number of benzene rings is 1. The van der Waals surface area contributed by atoms with Crippen LogP contribution in [0.15, 0.2) is 48.9 Å². The molecule has 2 rings (SSSR count). The molecule has 1 aromatic heterocycles. The normalized spacial score (nSPS) is 10.1. The molecule has 0 amide bonds. The zero-order valence-electron chi connectivity index (χ0n) is 9.28. The fourth-order valence-corrected chi connectivity index (χ4v) is 1.62. The predicted molar refractivity (Wildman–Crippen MR) is 61.3 cm³/mol. The van der Waals surface area contributed by atoms with Crippen molar-refractivity contribution in [2.24, 2.45) is 0 Å². The number of aliphatic carboxylic acids is 1. The van der Waals surface area contributed by atoms with Gasteiger partial charge >= 0.3 is 5.97 Å². The Kier molecular flexibility index (Phi) is 3.45. The SMILES string of the molecule is O=C(O)Cc1c[n+](Cc2ccccc2)ccn1. The van der Waals surface area contributed by atoms with Crippen LogP contribution in [0.2, 0.25) is 0 Å². The van der Waals surface area contributed by atoms with Gasteiger partial charge in [-0.15, -0.1) is 0 Å². The Morgan fingerprint density at radius 3 is 2.76 bits per heavy atom. The molecule has 0 atom stereocenters. The minimum Gasteiger partial charge on any atom is -0.481 e. The molecule has 0 spiro atoms. The van der Waals surface area contributed by atoms with E-state index in [2.05, 4.69) is 4.98 Å². The second-order valence-electron chi connectivity index (χ2n) is 3.78. The Morgan fingerprint density at radius 1 is 1.29 bits per heavy atom. The first-order chi connectivity index (χ1) is 8.24. The van der Waals surface area contributed by atoms with Gasteiger partial charge in [-0.05, 0) is 0 Å². The highest BCUT2D eigenvalue weighted by Crippen LogP contribution is 1.98. The van der Waals surface area contributed by atoms with E-state index in [9.17, 15) is 4.79 Å². The van der Waals surface area contributed by atoms with Crippen LogP contribution in [0.25, 0.3) is 0 Å². The highest BCUT2D eigenvalue weighted by atomic mass is 16.4. The number of hydrogen-bond donors (Lipinski definition) is 1. The van der Waals surface area contributed by atoms with E-state index in [1.54, 1.807) is 12.4 Å². The second kappa shape index (κ2) is 5.21. The molecule has 0 aliphatic heterocycles. The summed E-state index contributed by atoms with van der Waals surface area (Å²) in [5.74, 6) is -0.866. The van der Waals surface area contributed by atoms with Gasteiger partial charge in [0, 0.05) is 5.56 Å². The van der Waals surface area contributed by atoms with E-state index in [1.807, 2.05) is 41.1 Å². The third-order valence-electron chi connectivity index (χ3n) is 2.35. The van der Waals surface area contributed by atoms with E-state index >= 15 is 0 Å². The van der Waals surface area contributed by atoms with Gasteiger partial charge in [0.05, 0.1) is 12.6 Å². The molecule has 0 saturated carbocycles. The van der Waals surface area contributed by atoms with E-state index in [4.69, 9.17) is 5.11 Å². The fourth-order valence-electron chi connectivity index (χ4n) is 1.62. The average molecular weight is 229 g/mol. The molecule has 1 aromatic carbocycles. The standard InChI is InChI=1S/C13H12N2O2/c16-13(17)8-12-10-15(7-6-14-12)9-11-4-2-1-3-5-11/h1-7,10H,8-9H2/p+1. The van der Waals surface area contributed by atoms with Crippen LogP contribution in [0.1, 0.15) is 11.3 Å². The van der Waals surface area contributed by atoms with Crippen LogP contribution in [0, 0.1) is 0 Å². The smallest absolute Gasteiger partial charge is 0.309 e. The molecule has 0 aliphatic carbocycles. The fraction of sp³-hybridized carbons (Fsp3) is 0.154. The molecular formula is C13H13N2O2+. The van der Waals surface area contributed by atoms with Crippen LogP contribution in [0.4, 0.5) is 0 Å². The highest BCUT2D eigenvalue weighted by molar-refractivity contribution is 5.69. The molecule has 86 valence electrons. The number of rotatable bonds is 4. The first-order valence-electron chi connectivity index (χ1n) is 5.34. The van der Waals surface area contributed by atoms with Crippen molar-refractivity contribution in [1.82, 2.24) is 4.98 Å². The van der Waals surface area contributed by atoms with Crippen LogP contribution in [-0.2, 0) is 17.8 Å². The Hall–Kier alpha value is -2.23. The van der Waals surface area contributed by atoms with Gasteiger partial charge in [-0.1, -0.05) is 30.3 Å². The van der Waals surface area contributed by atoms with Crippen LogP contribution in [-0.4, -0.2) is 16.1 Å². The molecule has 0 fully saturated rings. The van der Waals surface area contributed by atoms with E-state index in [0.29, 0.717) is 5.69 Å². The predicted octanol–water partition coefficient (Wildman–Crippen LogP) is 1.04. The Balaban J connectivity index is 2.14. The first-order valence-corrected chi connectivity index (χ1v) is 5.34. The monoisotopic (exact) mass is 229 g/mol. The molecule has 4 heteroatoms. The molecule has 0 unspecified atom stereocenters. The molecule has 0 radical (unpaired) electrons. The van der Waals surface area contributed by atoms with Crippen molar-refractivity contribution < 1.29 is 14.5 Å². The maximum absolute atomic E-state index is 10.6. The topological polar surface area (TPSA) is 54.1 Å². The zero-order chi connectivity index (χ0) is 12.1. The largest absolute Gasteiger partial charge is 0.481 e. The number of carboxylic acids is 1. The summed E-state index contributed by atoms with van der Waals surface area (Å²) < 4.78 is 1.93. The Labute approximate surface area is 99.2 Å². The van der Waals surface area contributed by atoms with Crippen molar-refractivity contribution >= 4 is 5.97 Å². The molecule has 4 nitrogen and oxygen atoms in total. The van der Waals surface area contributed by atoms with Gasteiger partial charge in [-0.3, -0.25) is 4.79 Å². The van der Waals surface area contributed by atoms with Gasteiger partial charge in [0.1, 0.15) is 5.69 Å². The third kappa shape index (κ3) is 3.38. The Bertz CT molecular complexity index is 512. The lowest BCUT2D eigenvalue weighted by atomic mass is 10.2. The van der Waals surface area contributed by atoms with Crippen molar-refractivity contribution in [2.45, 2.75) is 13.0 Å². The van der Waals surface area contributed by atoms with Crippen LogP contribution in [0.3, 0.4) is 0 Å². The molecule has 0 aliphatic rings. The summed E-state index contributed by atoms with van der Waals surface area (Å²) in [5.41, 5.74) is 1.74. The van der Waals surface area contributed by atoms with Crippen LogP contribution >= 0.6 is 0 Å².